The Labute approximate surface area is 220 Å². The first-order chi connectivity index (χ1) is 17.7. The van der Waals surface area contributed by atoms with E-state index in [1.807, 2.05) is 37.3 Å². The number of fused-ring (bicyclic) bond motifs is 1. The number of rotatable bonds is 10. The molecule has 0 radical (unpaired) electrons. The number of hydrogen-bond donors (Lipinski definition) is 1. The van der Waals surface area contributed by atoms with E-state index in [4.69, 9.17) is 21.1 Å². The van der Waals surface area contributed by atoms with E-state index in [1.54, 1.807) is 23.1 Å². The quantitative estimate of drug-likeness (QED) is 0.374. The first-order valence-electron chi connectivity index (χ1n) is 12.1. The van der Waals surface area contributed by atoms with E-state index in [-0.39, 0.29) is 23.9 Å². The summed E-state index contributed by atoms with van der Waals surface area (Å²) in [4.78, 5) is 26.4. The topological polar surface area (TPSA) is 76.1 Å². The van der Waals surface area contributed by atoms with Crippen molar-refractivity contribution in [3.05, 3.63) is 93.8 Å². The molecule has 1 aliphatic heterocycles. The molecule has 0 spiro atoms. The zero-order chi connectivity index (χ0) is 26.6. The third-order valence-corrected chi connectivity index (χ3v) is 6.78. The van der Waals surface area contributed by atoms with Crippen molar-refractivity contribution >= 4 is 23.5 Å². The maximum atomic E-state index is 14.0. The smallest absolute Gasteiger partial charge is 0.305 e. The average Bonchev–Trinajstić information content (AvgIpc) is 3.21. The van der Waals surface area contributed by atoms with Crippen LogP contribution in [0.15, 0.2) is 60.7 Å². The van der Waals surface area contributed by atoms with Crippen LogP contribution in [-0.2, 0) is 24.1 Å². The Balaban J connectivity index is 1.56. The van der Waals surface area contributed by atoms with Crippen LogP contribution in [0.5, 0.6) is 11.5 Å². The molecule has 1 N–H and O–H groups in total. The van der Waals surface area contributed by atoms with Gasteiger partial charge in [0.15, 0.2) is 11.5 Å². The van der Waals surface area contributed by atoms with Gasteiger partial charge in [-0.25, -0.2) is 4.39 Å². The molecule has 1 atom stereocenters. The van der Waals surface area contributed by atoms with Gasteiger partial charge in [-0.2, -0.15) is 0 Å². The molecule has 0 aromatic heterocycles. The minimum absolute atomic E-state index is 0.0640. The highest BCUT2D eigenvalue weighted by molar-refractivity contribution is 6.30. The van der Waals surface area contributed by atoms with Crippen LogP contribution in [0, 0.1) is 5.82 Å². The normalized spacial score (nSPS) is 16.1. The Bertz CT molecular complexity index is 1300. The Morgan fingerprint density at radius 2 is 1.86 bits per heavy atom. The van der Waals surface area contributed by atoms with E-state index in [2.05, 4.69) is 0 Å². The highest BCUT2D eigenvalue weighted by Crippen LogP contribution is 2.44. The molecule has 194 valence electrons. The van der Waals surface area contributed by atoms with Gasteiger partial charge in [0.1, 0.15) is 11.4 Å². The van der Waals surface area contributed by atoms with Gasteiger partial charge < -0.3 is 19.5 Å². The zero-order valence-corrected chi connectivity index (χ0v) is 21.6. The molecule has 0 unspecified atom stereocenters. The molecule has 6 nitrogen and oxygen atoms in total. The van der Waals surface area contributed by atoms with Crippen LogP contribution in [0.2, 0.25) is 5.02 Å². The summed E-state index contributed by atoms with van der Waals surface area (Å²) in [6.07, 6.45) is 1.38. The number of hydrogen-bond acceptors (Lipinski definition) is 4. The summed E-state index contributed by atoms with van der Waals surface area (Å²) in [7, 11) is 1.51. The van der Waals surface area contributed by atoms with Gasteiger partial charge in [-0.15, -0.1) is 0 Å². The molecule has 1 amide bonds. The van der Waals surface area contributed by atoms with Crippen molar-refractivity contribution in [3.8, 4) is 11.5 Å². The van der Waals surface area contributed by atoms with Gasteiger partial charge in [0, 0.05) is 37.1 Å². The standard InChI is InChI=1S/C29H29ClFNO5/c1-29(17-20-8-9-23(30)24(31)14-20)18-22-15-21(16-25(36-2)27(22)37-29)28(35)32(13-11-26(33)34)12-10-19-6-4-3-5-7-19/h3-9,14-16H,10-13,17-18H2,1-2H3,(H,33,34)/t29-/m0/s1. The number of benzene rings is 3. The van der Waals surface area contributed by atoms with Crippen LogP contribution >= 0.6 is 11.6 Å². The fraction of sp³-hybridized carbons (Fsp3) is 0.310. The predicted octanol–water partition coefficient (Wildman–Crippen LogP) is 5.58. The van der Waals surface area contributed by atoms with Gasteiger partial charge in [0.2, 0.25) is 0 Å². The number of methoxy groups -OCH3 is 1. The number of halogens is 2. The summed E-state index contributed by atoms with van der Waals surface area (Å²) < 4.78 is 25.8. The summed E-state index contributed by atoms with van der Waals surface area (Å²) in [6.45, 7) is 2.40. The number of carbonyl (C=O) groups is 2. The van der Waals surface area contributed by atoms with Crippen molar-refractivity contribution in [1.29, 1.82) is 0 Å². The lowest BCUT2D eigenvalue weighted by atomic mass is 9.91. The molecule has 0 fully saturated rings. The lowest BCUT2D eigenvalue weighted by Gasteiger charge is -2.24. The van der Waals surface area contributed by atoms with Crippen molar-refractivity contribution in [2.24, 2.45) is 0 Å². The van der Waals surface area contributed by atoms with Crippen molar-refractivity contribution in [2.75, 3.05) is 20.2 Å². The van der Waals surface area contributed by atoms with Crippen LogP contribution in [0.25, 0.3) is 0 Å². The van der Waals surface area contributed by atoms with Gasteiger partial charge in [-0.05, 0) is 48.7 Å². The first kappa shape index (κ1) is 26.5. The van der Waals surface area contributed by atoms with Gasteiger partial charge in [-0.3, -0.25) is 9.59 Å². The fourth-order valence-electron chi connectivity index (χ4n) is 4.68. The lowest BCUT2D eigenvalue weighted by molar-refractivity contribution is -0.137. The number of carboxylic acid groups (broad SMARTS) is 1. The SMILES string of the molecule is COc1cc(C(=O)N(CCC(=O)O)CCc2ccccc2)cc2c1O[C@@](C)(Cc1ccc(Cl)c(F)c1)C2. The summed E-state index contributed by atoms with van der Waals surface area (Å²) >= 11 is 5.82. The number of carboxylic acids is 1. The minimum Gasteiger partial charge on any atom is -0.493 e. The Morgan fingerprint density at radius 1 is 1.11 bits per heavy atom. The highest BCUT2D eigenvalue weighted by atomic mass is 35.5. The second kappa shape index (κ2) is 11.2. The largest absolute Gasteiger partial charge is 0.493 e. The number of aliphatic carboxylic acids is 1. The van der Waals surface area contributed by atoms with E-state index >= 15 is 0 Å². The molecule has 0 aliphatic carbocycles. The highest BCUT2D eigenvalue weighted by Gasteiger charge is 2.38. The number of nitrogens with zero attached hydrogens (tertiary/aromatic N) is 1. The van der Waals surface area contributed by atoms with Gasteiger partial charge in [-0.1, -0.05) is 48.0 Å². The van der Waals surface area contributed by atoms with Gasteiger partial charge >= 0.3 is 5.97 Å². The maximum absolute atomic E-state index is 14.0. The van der Waals surface area contributed by atoms with E-state index in [0.717, 1.165) is 16.7 Å². The second-order valence-electron chi connectivity index (χ2n) is 9.49. The third kappa shape index (κ3) is 6.41. The zero-order valence-electron chi connectivity index (χ0n) is 20.8. The van der Waals surface area contributed by atoms with E-state index < -0.39 is 17.4 Å². The van der Waals surface area contributed by atoms with Crippen LogP contribution in [0.4, 0.5) is 4.39 Å². The molecule has 1 heterocycles. The molecule has 37 heavy (non-hydrogen) atoms. The molecule has 3 aromatic carbocycles. The Morgan fingerprint density at radius 3 is 2.54 bits per heavy atom. The summed E-state index contributed by atoms with van der Waals surface area (Å²) in [5.41, 5.74) is 2.34. The molecule has 3 aromatic rings. The molecular weight excluding hydrogens is 497 g/mol. The summed E-state index contributed by atoms with van der Waals surface area (Å²) in [6, 6.07) is 17.8. The molecule has 4 rings (SSSR count). The van der Waals surface area contributed by atoms with Gasteiger partial charge in [0.25, 0.3) is 5.91 Å². The van der Waals surface area contributed by atoms with Crippen LogP contribution in [0.1, 0.15) is 40.4 Å². The Hall–Kier alpha value is -3.58. The monoisotopic (exact) mass is 525 g/mol. The molecule has 1 aliphatic rings. The van der Waals surface area contributed by atoms with Crippen molar-refractivity contribution in [3.63, 3.8) is 0 Å². The van der Waals surface area contributed by atoms with Crippen LogP contribution in [-0.4, -0.2) is 47.7 Å². The van der Waals surface area contributed by atoms with E-state index in [9.17, 15) is 19.1 Å². The lowest BCUT2D eigenvalue weighted by Crippen LogP contribution is -2.35. The molecule has 0 saturated heterocycles. The molecule has 0 bridgehead atoms. The number of ether oxygens (including phenoxy) is 2. The molecule has 8 heteroatoms. The number of carbonyl (C=O) groups excluding carboxylic acids is 1. The van der Waals surface area contributed by atoms with Crippen molar-refractivity contribution in [2.45, 2.75) is 38.2 Å². The minimum atomic E-state index is -0.966. The first-order valence-corrected chi connectivity index (χ1v) is 12.4. The predicted molar refractivity (Wildman–Crippen MR) is 139 cm³/mol. The molecule has 0 saturated carbocycles. The molecular formula is C29H29ClFNO5. The summed E-state index contributed by atoms with van der Waals surface area (Å²) in [5, 5.41) is 9.28. The van der Waals surface area contributed by atoms with Crippen LogP contribution in [0.3, 0.4) is 0 Å². The van der Waals surface area contributed by atoms with E-state index in [1.165, 1.54) is 19.2 Å². The number of amides is 1. The Kier molecular flexibility index (Phi) is 8.03. The van der Waals surface area contributed by atoms with Crippen molar-refractivity contribution < 1.29 is 28.6 Å². The third-order valence-electron chi connectivity index (χ3n) is 6.47. The van der Waals surface area contributed by atoms with Crippen LogP contribution < -0.4 is 9.47 Å². The maximum Gasteiger partial charge on any atom is 0.305 e. The average molecular weight is 526 g/mol. The van der Waals surface area contributed by atoms with Gasteiger partial charge in [0.05, 0.1) is 18.6 Å². The van der Waals surface area contributed by atoms with Crippen molar-refractivity contribution in [1.82, 2.24) is 4.90 Å². The fourth-order valence-corrected chi connectivity index (χ4v) is 4.80. The second-order valence-corrected chi connectivity index (χ2v) is 9.90. The van der Waals surface area contributed by atoms with E-state index in [0.29, 0.717) is 42.9 Å². The summed E-state index contributed by atoms with van der Waals surface area (Å²) in [5.74, 6) is -0.746.